The number of H-pyrrole nitrogens is 1. The molecule has 1 aromatic rings. The number of halogens is 6. The quantitative estimate of drug-likeness (QED) is 0.121. The Labute approximate surface area is 351 Å². The van der Waals surface area contributed by atoms with Crippen LogP contribution >= 0.6 is 69.6 Å². The first-order valence-electron chi connectivity index (χ1n) is 17.3. The Morgan fingerprint density at radius 1 is 0.964 bits per heavy atom. The number of ether oxygens (including phenoxy) is 5. The molecule has 21 heteroatoms. The first-order valence-corrected chi connectivity index (χ1v) is 19.6. The molecular weight excluding hydrogens is 867 g/mol. The van der Waals surface area contributed by atoms with E-state index in [9.17, 15) is 33.9 Å². The lowest BCUT2D eigenvalue weighted by Crippen LogP contribution is -2.65. The zero-order chi connectivity index (χ0) is 41.7. The van der Waals surface area contributed by atoms with Crippen LogP contribution in [0.4, 0.5) is 9.59 Å². The van der Waals surface area contributed by atoms with Gasteiger partial charge < -0.3 is 33.8 Å². The van der Waals surface area contributed by atoms with Crippen molar-refractivity contribution in [1.29, 1.82) is 0 Å². The van der Waals surface area contributed by atoms with Gasteiger partial charge in [0.05, 0.1) is 5.60 Å². The molecule has 0 spiro atoms. The fraction of sp³-hybridized carbons (Fsp3) is 0.600. The molecule has 3 aliphatic carbocycles. The van der Waals surface area contributed by atoms with Gasteiger partial charge in [-0.1, -0.05) is 102 Å². The van der Waals surface area contributed by atoms with Crippen LogP contribution in [-0.4, -0.2) is 96.8 Å². The van der Waals surface area contributed by atoms with Crippen molar-refractivity contribution < 1.29 is 57.6 Å². The first kappa shape index (κ1) is 44.3. The zero-order valence-electron chi connectivity index (χ0n) is 30.3. The number of aromatic nitrogens is 1. The largest absolute Gasteiger partial charge is 0.457 e. The maximum atomic E-state index is 13.6. The van der Waals surface area contributed by atoms with Crippen LogP contribution in [0.2, 0.25) is 0 Å². The second kappa shape index (κ2) is 16.8. The van der Waals surface area contributed by atoms with Crippen LogP contribution in [-0.2, 0) is 38.1 Å². The van der Waals surface area contributed by atoms with E-state index in [1.165, 1.54) is 14.0 Å². The van der Waals surface area contributed by atoms with Crippen molar-refractivity contribution in [2.75, 3.05) is 7.11 Å². The minimum absolute atomic E-state index is 0.0761. The van der Waals surface area contributed by atoms with E-state index >= 15 is 0 Å². The van der Waals surface area contributed by atoms with Crippen LogP contribution in [0.1, 0.15) is 44.6 Å². The molecule has 5 rings (SSSR count). The fourth-order valence-corrected chi connectivity index (χ4v) is 8.93. The number of carbonyl (C=O) groups is 6. The predicted octanol–water partition coefficient (Wildman–Crippen LogP) is 5.50. The number of fused-ring (bicyclic) bond motifs is 6. The average Bonchev–Trinajstić information content (AvgIpc) is 3.69. The summed E-state index contributed by atoms with van der Waals surface area (Å²) < 4.78 is 23.7. The summed E-state index contributed by atoms with van der Waals surface area (Å²) in [6, 6.07) is 3.18. The van der Waals surface area contributed by atoms with Crippen LogP contribution < -0.4 is 10.6 Å². The number of imide groups is 2. The number of methoxy groups -OCH3 is 1. The number of amides is 4. The maximum absolute atomic E-state index is 13.6. The van der Waals surface area contributed by atoms with Crippen molar-refractivity contribution in [3.05, 3.63) is 47.8 Å². The van der Waals surface area contributed by atoms with Gasteiger partial charge in [0, 0.05) is 48.8 Å². The maximum Gasteiger partial charge on any atom is 0.414 e. The van der Waals surface area contributed by atoms with Crippen molar-refractivity contribution in [2.24, 2.45) is 41.4 Å². The van der Waals surface area contributed by atoms with E-state index in [1.54, 1.807) is 56.6 Å². The minimum Gasteiger partial charge on any atom is -0.457 e. The number of rotatable bonds is 6. The van der Waals surface area contributed by atoms with Gasteiger partial charge in [0.2, 0.25) is 0 Å². The van der Waals surface area contributed by atoms with E-state index in [2.05, 4.69) is 4.98 Å². The smallest absolute Gasteiger partial charge is 0.414 e. The van der Waals surface area contributed by atoms with Gasteiger partial charge in [-0.15, -0.1) is 0 Å². The molecule has 1 aliphatic heterocycles. The molecule has 13 atom stereocenters. The Morgan fingerprint density at radius 3 is 2.14 bits per heavy atom. The fourth-order valence-electron chi connectivity index (χ4n) is 8.64. The van der Waals surface area contributed by atoms with Crippen molar-refractivity contribution in [3.63, 3.8) is 0 Å². The Morgan fingerprint density at radius 2 is 1.57 bits per heavy atom. The highest BCUT2D eigenvalue weighted by atomic mass is 35.6. The zero-order valence-corrected chi connectivity index (χ0v) is 34.8. The van der Waals surface area contributed by atoms with E-state index in [4.69, 9.17) is 93.3 Å². The summed E-state index contributed by atoms with van der Waals surface area (Å²) in [5.41, 5.74) is -1.12. The monoisotopic (exact) mass is 903 g/mol. The van der Waals surface area contributed by atoms with Crippen molar-refractivity contribution >= 4 is 106 Å². The molecule has 0 saturated heterocycles. The molecule has 0 radical (unpaired) electrons. The molecule has 0 bridgehead atoms. The first-order chi connectivity index (χ1) is 26.0. The minimum atomic E-state index is -2.48. The second-order valence-electron chi connectivity index (χ2n) is 14.3. The third-order valence-electron chi connectivity index (χ3n) is 11.1. The summed E-state index contributed by atoms with van der Waals surface area (Å²) in [4.78, 5) is 79.8. The van der Waals surface area contributed by atoms with Crippen molar-refractivity contribution in [3.8, 4) is 0 Å². The number of cyclic esters (lactones) is 1. The van der Waals surface area contributed by atoms with Gasteiger partial charge in [-0.05, 0) is 43.9 Å². The molecule has 0 aromatic carbocycles. The number of carbonyl (C=O) groups excluding carboxylic acids is 6. The highest BCUT2D eigenvalue weighted by Crippen LogP contribution is 2.67. The molecule has 2 saturated carbocycles. The number of hydrogen-bond acceptors (Lipinski definition) is 12. The van der Waals surface area contributed by atoms with Crippen molar-refractivity contribution in [2.45, 2.75) is 77.8 Å². The Hall–Kier alpha value is -2.76. The second-order valence-corrected chi connectivity index (χ2v) is 18.9. The van der Waals surface area contributed by atoms with E-state index in [0.717, 1.165) is 0 Å². The van der Waals surface area contributed by atoms with Gasteiger partial charge in [0.1, 0.15) is 30.1 Å². The molecule has 1 aromatic heterocycles. The molecule has 2 heterocycles. The average molecular weight is 906 g/mol. The SMILES string of the molecule is CO[C@H]1C[C@H]2C=C[C@H]3[C@H]4C([C@H]3[C@]2(O)/C(C)=C/[C@@H](C)[C@@H]([C@@H](C)OC(=O)NC(=O)C(Cl)(Cl)Cl)OC1=O)[C@H](OC(=O)NC(=O)C(Cl)(Cl)Cl)[C@@H](C)[C@H]4OC(=O)c1ccc[nH]1. The van der Waals surface area contributed by atoms with Gasteiger partial charge in [-0.25, -0.2) is 19.2 Å². The standard InChI is InChI=1S/C35H39Cl6N3O12/c1-13-11-14(2)33(51)17(12-20(52-5)28(46)54-24(13)16(4)53-31(49)43-29(47)34(36,37)38)8-9-18-21-22(23(18)33)26(56-32(50)44-30(48)35(39,40)41)15(3)25(21)55-27(45)19-7-6-10-42-19/h6-11,13,15-18,20-26,42,51H,12H2,1-5H3,(H,43,47,49)(H,44,48,50)/b14-11+/t13-,15+,16-,17-,18+,20+,21+,22?,23+,24+,25-,26-,33+/m1/s1. The number of aliphatic hydroxyl groups is 1. The molecule has 56 heavy (non-hydrogen) atoms. The molecule has 4 aliphatic rings. The molecular formula is C35H39Cl6N3O12. The summed E-state index contributed by atoms with van der Waals surface area (Å²) in [5, 5.41) is 16.8. The highest BCUT2D eigenvalue weighted by Gasteiger charge is 2.72. The Balaban J connectivity index is 1.51. The van der Waals surface area contributed by atoms with Gasteiger partial charge in [-0.3, -0.25) is 20.2 Å². The summed E-state index contributed by atoms with van der Waals surface area (Å²) >= 11 is 33.6. The van der Waals surface area contributed by atoms with Gasteiger partial charge in [0.25, 0.3) is 19.4 Å². The Bertz CT molecular complexity index is 1780. The third-order valence-corrected chi connectivity index (χ3v) is 12.1. The van der Waals surface area contributed by atoms with Crippen molar-refractivity contribution in [1.82, 2.24) is 15.6 Å². The highest BCUT2D eigenvalue weighted by molar-refractivity contribution is 6.77. The van der Waals surface area contributed by atoms with E-state index in [1.807, 2.05) is 11.4 Å². The lowest BCUT2D eigenvalue weighted by atomic mass is 9.46. The summed E-state index contributed by atoms with van der Waals surface area (Å²) in [6.45, 7) is 6.50. The number of hydrogen-bond donors (Lipinski definition) is 4. The van der Waals surface area contributed by atoms with Crippen LogP contribution in [0.25, 0.3) is 0 Å². The molecule has 4 amide bonds. The number of esters is 2. The van der Waals surface area contributed by atoms with Gasteiger partial charge in [-0.2, -0.15) is 0 Å². The van der Waals surface area contributed by atoms with Gasteiger partial charge >= 0.3 is 24.1 Å². The number of nitrogens with one attached hydrogen (secondary N) is 3. The molecule has 1 unspecified atom stereocenters. The lowest BCUT2D eigenvalue weighted by Gasteiger charge is -2.61. The van der Waals surface area contributed by atoms with Crippen LogP contribution in [0.3, 0.4) is 0 Å². The van der Waals surface area contributed by atoms with E-state index < -0.39 is 121 Å². The number of aromatic amines is 1. The molecule has 4 N–H and O–H groups in total. The lowest BCUT2D eigenvalue weighted by molar-refractivity contribution is -0.186. The molecule has 308 valence electrons. The number of allylic oxidation sites excluding steroid dienone is 1. The van der Waals surface area contributed by atoms with Crippen LogP contribution in [0.15, 0.2) is 42.1 Å². The molecule has 2 fully saturated rings. The summed E-state index contributed by atoms with van der Waals surface area (Å²) in [7, 11) is 1.30. The predicted molar refractivity (Wildman–Crippen MR) is 202 cm³/mol. The summed E-state index contributed by atoms with van der Waals surface area (Å²) in [5.74, 6) is -8.45. The number of alkyl halides is 6. The topological polar surface area (TPSA) is 209 Å². The third kappa shape index (κ3) is 8.80. The molecule has 15 nitrogen and oxygen atoms in total. The van der Waals surface area contributed by atoms with Crippen LogP contribution in [0, 0.1) is 41.4 Å². The van der Waals surface area contributed by atoms with E-state index in [-0.39, 0.29) is 12.1 Å². The Kier molecular flexibility index (Phi) is 13.3. The van der Waals surface area contributed by atoms with Gasteiger partial charge in [0.15, 0.2) is 6.10 Å². The van der Waals surface area contributed by atoms with Crippen LogP contribution in [0.5, 0.6) is 0 Å². The summed E-state index contributed by atoms with van der Waals surface area (Å²) in [6.07, 6.45) is -1.12. The normalized spacial score (nSPS) is 35.4. The number of alkyl carbamates (subject to hydrolysis) is 2. The van der Waals surface area contributed by atoms with E-state index in [0.29, 0.717) is 5.57 Å².